The Morgan fingerprint density at radius 3 is 2.93 bits per heavy atom. The van der Waals surface area contributed by atoms with E-state index in [4.69, 9.17) is 9.52 Å². The number of aromatic nitrogens is 1. The van der Waals surface area contributed by atoms with Crippen molar-refractivity contribution in [1.82, 2.24) is 5.16 Å². The Hall–Kier alpha value is -2.24. The molecule has 15 heavy (non-hydrogen) atoms. The molecule has 2 aromatic rings. The summed E-state index contributed by atoms with van der Waals surface area (Å²) >= 11 is 0. The molecule has 0 bridgehead atoms. The minimum absolute atomic E-state index is 0.0994. The lowest BCUT2D eigenvalue weighted by atomic mass is 10.4. The van der Waals surface area contributed by atoms with Crippen LogP contribution in [0.2, 0.25) is 0 Å². The number of nitrogens with one attached hydrogen (secondary N) is 1. The van der Waals surface area contributed by atoms with Crippen LogP contribution in [0.4, 0.5) is 5.88 Å². The van der Waals surface area contributed by atoms with Crippen molar-refractivity contribution in [3.05, 3.63) is 35.9 Å². The summed E-state index contributed by atoms with van der Waals surface area (Å²) in [6, 6.07) is 4.63. The maximum Gasteiger partial charge on any atom is 0.371 e. The van der Waals surface area contributed by atoms with Gasteiger partial charge in [-0.1, -0.05) is 5.16 Å². The normalized spacial score (nSPS) is 10.1. The standard InChI is InChI=1S/C9H8N2O4/c12-9(13)7-1-2-8(15-7)10-5-6-3-4-14-11-6/h1-4,10H,5H2,(H,12,13). The highest BCUT2D eigenvalue weighted by atomic mass is 16.5. The van der Waals surface area contributed by atoms with E-state index in [0.29, 0.717) is 18.1 Å². The molecule has 6 nitrogen and oxygen atoms in total. The van der Waals surface area contributed by atoms with Crippen molar-refractivity contribution in [3.8, 4) is 0 Å². The molecular formula is C9H8N2O4. The van der Waals surface area contributed by atoms with Crippen molar-refractivity contribution >= 4 is 11.9 Å². The lowest BCUT2D eigenvalue weighted by Crippen LogP contribution is -1.98. The second-order valence-electron chi connectivity index (χ2n) is 2.81. The Morgan fingerprint density at radius 1 is 1.47 bits per heavy atom. The molecule has 0 spiro atoms. The van der Waals surface area contributed by atoms with Gasteiger partial charge in [0.15, 0.2) is 5.88 Å². The number of nitrogens with zero attached hydrogens (tertiary/aromatic N) is 1. The van der Waals surface area contributed by atoms with Gasteiger partial charge < -0.3 is 19.4 Å². The molecule has 2 N–H and O–H groups in total. The first kappa shape index (κ1) is 9.32. The zero-order chi connectivity index (χ0) is 10.7. The van der Waals surface area contributed by atoms with Gasteiger partial charge in [0.2, 0.25) is 5.76 Å². The van der Waals surface area contributed by atoms with Crippen LogP contribution in [-0.2, 0) is 6.54 Å². The molecular weight excluding hydrogens is 200 g/mol. The number of aromatic carboxylic acids is 1. The Kier molecular flexibility index (Phi) is 2.40. The Balaban J connectivity index is 1.96. The van der Waals surface area contributed by atoms with Crippen molar-refractivity contribution in [2.75, 3.05) is 5.32 Å². The van der Waals surface area contributed by atoms with Crippen molar-refractivity contribution in [1.29, 1.82) is 0 Å². The Morgan fingerprint density at radius 2 is 2.33 bits per heavy atom. The maximum atomic E-state index is 10.5. The van der Waals surface area contributed by atoms with E-state index >= 15 is 0 Å². The largest absolute Gasteiger partial charge is 0.475 e. The first-order valence-electron chi connectivity index (χ1n) is 4.22. The van der Waals surface area contributed by atoms with E-state index in [2.05, 4.69) is 15.0 Å². The predicted octanol–water partition coefficient (Wildman–Crippen LogP) is 1.58. The number of anilines is 1. The fraction of sp³-hybridized carbons (Fsp3) is 0.111. The van der Waals surface area contributed by atoms with Crippen LogP contribution in [0.3, 0.4) is 0 Å². The number of furan rings is 1. The van der Waals surface area contributed by atoms with Gasteiger partial charge in [-0.05, 0) is 6.07 Å². The summed E-state index contributed by atoms with van der Waals surface area (Å²) in [4.78, 5) is 10.5. The van der Waals surface area contributed by atoms with E-state index in [0.717, 1.165) is 0 Å². The van der Waals surface area contributed by atoms with E-state index in [1.807, 2.05) is 0 Å². The van der Waals surface area contributed by atoms with Gasteiger partial charge in [0.1, 0.15) is 12.0 Å². The van der Waals surface area contributed by atoms with Crippen LogP contribution in [0.25, 0.3) is 0 Å². The van der Waals surface area contributed by atoms with Gasteiger partial charge in [-0.2, -0.15) is 0 Å². The molecule has 2 aromatic heterocycles. The molecule has 78 valence electrons. The Labute approximate surface area is 84.5 Å². The average molecular weight is 208 g/mol. The molecule has 2 rings (SSSR count). The van der Waals surface area contributed by atoms with Crippen LogP contribution in [-0.4, -0.2) is 16.2 Å². The number of carbonyl (C=O) groups is 1. The first-order valence-corrected chi connectivity index (χ1v) is 4.22. The second-order valence-corrected chi connectivity index (χ2v) is 2.81. The average Bonchev–Trinajstić information content (AvgIpc) is 2.86. The molecule has 0 radical (unpaired) electrons. The summed E-state index contributed by atoms with van der Waals surface area (Å²) in [6.45, 7) is 0.420. The van der Waals surface area contributed by atoms with E-state index in [9.17, 15) is 4.79 Å². The van der Waals surface area contributed by atoms with Crippen LogP contribution >= 0.6 is 0 Å². The summed E-state index contributed by atoms with van der Waals surface area (Å²) < 4.78 is 9.61. The molecule has 0 aliphatic heterocycles. The molecule has 0 amide bonds. The number of hydrogen-bond acceptors (Lipinski definition) is 5. The van der Waals surface area contributed by atoms with Crippen molar-refractivity contribution < 1.29 is 18.8 Å². The highest BCUT2D eigenvalue weighted by molar-refractivity contribution is 5.84. The summed E-state index contributed by atoms with van der Waals surface area (Å²) in [5.74, 6) is -0.808. The maximum absolute atomic E-state index is 10.5. The zero-order valence-corrected chi connectivity index (χ0v) is 7.64. The second kappa shape index (κ2) is 3.87. The minimum Gasteiger partial charge on any atom is -0.475 e. The third-order valence-electron chi connectivity index (χ3n) is 1.75. The van der Waals surface area contributed by atoms with Gasteiger partial charge >= 0.3 is 5.97 Å². The van der Waals surface area contributed by atoms with Gasteiger partial charge in [-0.15, -0.1) is 0 Å². The molecule has 2 heterocycles. The fourth-order valence-electron chi connectivity index (χ4n) is 1.05. The summed E-state index contributed by atoms with van der Waals surface area (Å²) in [5.41, 5.74) is 0.711. The van der Waals surface area contributed by atoms with Crippen molar-refractivity contribution in [2.45, 2.75) is 6.54 Å². The molecule has 6 heteroatoms. The van der Waals surface area contributed by atoms with E-state index in [-0.39, 0.29) is 5.76 Å². The van der Waals surface area contributed by atoms with E-state index in [1.54, 1.807) is 12.1 Å². The van der Waals surface area contributed by atoms with E-state index in [1.165, 1.54) is 12.3 Å². The number of hydrogen-bond donors (Lipinski definition) is 2. The first-order chi connectivity index (χ1) is 7.25. The molecule has 0 unspecified atom stereocenters. The van der Waals surface area contributed by atoms with Crippen molar-refractivity contribution in [3.63, 3.8) is 0 Å². The van der Waals surface area contributed by atoms with Gasteiger partial charge in [0.25, 0.3) is 0 Å². The smallest absolute Gasteiger partial charge is 0.371 e. The molecule has 0 fully saturated rings. The van der Waals surface area contributed by atoms with Gasteiger partial charge in [0, 0.05) is 12.1 Å². The molecule has 0 aromatic carbocycles. The highest BCUT2D eigenvalue weighted by Gasteiger charge is 2.08. The SMILES string of the molecule is O=C(O)c1ccc(NCc2ccon2)o1. The van der Waals surface area contributed by atoms with Crippen molar-refractivity contribution in [2.24, 2.45) is 0 Å². The molecule has 0 aliphatic rings. The number of carboxylic acid groups (broad SMARTS) is 1. The summed E-state index contributed by atoms with van der Waals surface area (Å²) in [7, 11) is 0. The van der Waals surface area contributed by atoms with Crippen LogP contribution in [0.5, 0.6) is 0 Å². The van der Waals surface area contributed by atoms with Crippen LogP contribution < -0.4 is 5.32 Å². The monoisotopic (exact) mass is 208 g/mol. The van der Waals surface area contributed by atoms with E-state index < -0.39 is 5.97 Å². The van der Waals surface area contributed by atoms with Crippen LogP contribution in [0.1, 0.15) is 16.2 Å². The van der Waals surface area contributed by atoms with Gasteiger partial charge in [-0.25, -0.2) is 4.79 Å². The highest BCUT2D eigenvalue weighted by Crippen LogP contribution is 2.13. The molecule has 0 atom stereocenters. The number of rotatable bonds is 4. The topological polar surface area (TPSA) is 88.5 Å². The quantitative estimate of drug-likeness (QED) is 0.792. The van der Waals surface area contributed by atoms with Crippen LogP contribution in [0.15, 0.2) is 33.4 Å². The molecule has 0 saturated heterocycles. The molecule has 0 aliphatic carbocycles. The van der Waals surface area contributed by atoms with Crippen LogP contribution in [0, 0.1) is 0 Å². The van der Waals surface area contributed by atoms with Gasteiger partial charge in [-0.3, -0.25) is 0 Å². The lowest BCUT2D eigenvalue weighted by molar-refractivity contribution is 0.0663. The number of carboxylic acids is 1. The third kappa shape index (κ3) is 2.16. The van der Waals surface area contributed by atoms with Gasteiger partial charge in [0.05, 0.1) is 6.54 Å². The summed E-state index contributed by atoms with van der Waals surface area (Å²) in [5, 5.41) is 15.1. The minimum atomic E-state index is -1.09. The third-order valence-corrected chi connectivity index (χ3v) is 1.75. The summed E-state index contributed by atoms with van der Waals surface area (Å²) in [6.07, 6.45) is 1.46. The zero-order valence-electron chi connectivity index (χ0n) is 7.64. The predicted molar refractivity (Wildman–Crippen MR) is 49.5 cm³/mol. The molecule has 0 saturated carbocycles. The lowest BCUT2D eigenvalue weighted by Gasteiger charge is -1.97. The fourth-order valence-corrected chi connectivity index (χ4v) is 1.05. The Bertz CT molecular complexity index is 446.